The number of nitriles is 1. The highest BCUT2D eigenvalue weighted by Gasteiger charge is 2.22. The number of rotatable bonds is 2. The highest BCUT2D eigenvalue weighted by molar-refractivity contribution is 5.14. The number of nitrogens with zero attached hydrogens (tertiary/aromatic N) is 4. The molecule has 0 spiro atoms. The number of aromatic nitrogens is 2. The molecule has 2 rings (SSSR count). The van der Waals surface area contributed by atoms with E-state index in [9.17, 15) is 5.26 Å². The predicted octanol–water partition coefficient (Wildman–Crippen LogP) is 1.84. The van der Waals surface area contributed by atoms with Crippen LogP contribution in [-0.2, 0) is 0 Å². The summed E-state index contributed by atoms with van der Waals surface area (Å²) in [5.41, 5.74) is 1.66. The van der Waals surface area contributed by atoms with Gasteiger partial charge in [-0.05, 0) is 32.9 Å². The van der Waals surface area contributed by atoms with Crippen LogP contribution in [0.2, 0.25) is 0 Å². The molecule has 0 aliphatic carbocycles. The monoisotopic (exact) mass is 216 g/mol. The van der Waals surface area contributed by atoms with Crippen LogP contribution >= 0.6 is 0 Å². The molecule has 1 saturated heterocycles. The lowest BCUT2D eigenvalue weighted by Gasteiger charge is -2.29. The predicted molar refractivity (Wildman–Crippen MR) is 60.5 cm³/mol. The van der Waals surface area contributed by atoms with Crippen molar-refractivity contribution in [3.05, 3.63) is 23.8 Å². The zero-order valence-corrected chi connectivity index (χ0v) is 9.56. The van der Waals surface area contributed by atoms with Crippen LogP contribution in [0.5, 0.6) is 0 Å². The van der Waals surface area contributed by atoms with E-state index in [1.807, 2.05) is 6.92 Å². The summed E-state index contributed by atoms with van der Waals surface area (Å²) in [6, 6.07) is 2.10. The molecule has 1 aliphatic rings. The van der Waals surface area contributed by atoms with Crippen molar-refractivity contribution >= 4 is 0 Å². The van der Waals surface area contributed by atoms with Gasteiger partial charge in [0, 0.05) is 6.20 Å². The van der Waals surface area contributed by atoms with E-state index in [2.05, 4.69) is 20.9 Å². The van der Waals surface area contributed by atoms with E-state index in [0.29, 0.717) is 0 Å². The first kappa shape index (κ1) is 11.0. The van der Waals surface area contributed by atoms with Gasteiger partial charge >= 0.3 is 0 Å². The SMILES string of the molecule is Cc1cnc(C(C#N)N2CCCCC2)cn1. The normalized spacial score (nSPS) is 19.0. The molecule has 0 bridgehead atoms. The number of hydrogen-bond donors (Lipinski definition) is 0. The maximum absolute atomic E-state index is 9.24. The number of aryl methyl sites for hydroxylation is 1. The molecule has 1 aromatic heterocycles. The fourth-order valence-electron chi connectivity index (χ4n) is 2.06. The molecule has 4 heteroatoms. The highest BCUT2D eigenvalue weighted by Crippen LogP contribution is 2.21. The summed E-state index contributed by atoms with van der Waals surface area (Å²) in [6.45, 7) is 3.89. The van der Waals surface area contributed by atoms with Crippen LogP contribution in [0.4, 0.5) is 0 Å². The molecule has 1 unspecified atom stereocenters. The Morgan fingerprint density at radius 3 is 2.56 bits per heavy atom. The number of piperidine rings is 1. The first-order chi connectivity index (χ1) is 7.81. The lowest BCUT2D eigenvalue weighted by atomic mass is 10.1. The van der Waals surface area contributed by atoms with Gasteiger partial charge in [-0.25, -0.2) is 0 Å². The summed E-state index contributed by atoms with van der Waals surface area (Å²) in [6.07, 6.45) is 7.07. The third-order valence-corrected chi connectivity index (χ3v) is 2.96. The zero-order chi connectivity index (χ0) is 11.4. The maximum Gasteiger partial charge on any atom is 0.142 e. The Labute approximate surface area is 95.9 Å². The van der Waals surface area contributed by atoms with Crippen molar-refractivity contribution in [2.45, 2.75) is 32.2 Å². The highest BCUT2D eigenvalue weighted by atomic mass is 15.2. The summed E-state index contributed by atoms with van der Waals surface area (Å²) in [4.78, 5) is 10.7. The van der Waals surface area contributed by atoms with E-state index in [1.54, 1.807) is 12.4 Å². The molecule has 1 fully saturated rings. The van der Waals surface area contributed by atoms with Gasteiger partial charge in [0.25, 0.3) is 0 Å². The third kappa shape index (κ3) is 2.37. The summed E-state index contributed by atoms with van der Waals surface area (Å²) < 4.78 is 0. The smallest absolute Gasteiger partial charge is 0.142 e. The standard InChI is InChI=1S/C12H16N4/c1-10-8-15-11(9-14-10)12(7-13)16-5-3-2-4-6-16/h8-9,12H,2-6H2,1H3. The quantitative estimate of drug-likeness (QED) is 0.757. The topological polar surface area (TPSA) is 52.8 Å². The molecular weight excluding hydrogens is 200 g/mol. The van der Waals surface area contributed by atoms with Crippen molar-refractivity contribution in [3.8, 4) is 6.07 Å². The average molecular weight is 216 g/mol. The minimum absolute atomic E-state index is 0.228. The summed E-state index contributed by atoms with van der Waals surface area (Å²) in [5.74, 6) is 0. The van der Waals surface area contributed by atoms with Gasteiger partial charge < -0.3 is 0 Å². The van der Waals surface area contributed by atoms with E-state index >= 15 is 0 Å². The van der Waals surface area contributed by atoms with Crippen molar-refractivity contribution < 1.29 is 0 Å². The molecule has 84 valence electrons. The van der Waals surface area contributed by atoms with E-state index in [1.165, 1.54) is 19.3 Å². The van der Waals surface area contributed by atoms with Crippen molar-refractivity contribution in [2.24, 2.45) is 0 Å². The minimum Gasteiger partial charge on any atom is -0.283 e. The minimum atomic E-state index is -0.228. The lowest BCUT2D eigenvalue weighted by molar-refractivity contribution is 0.193. The van der Waals surface area contributed by atoms with Crippen LogP contribution in [0.1, 0.15) is 36.7 Å². The Morgan fingerprint density at radius 2 is 2.00 bits per heavy atom. The molecule has 16 heavy (non-hydrogen) atoms. The molecular formula is C12H16N4. The Balaban J connectivity index is 2.15. The van der Waals surface area contributed by atoms with Crippen molar-refractivity contribution in [3.63, 3.8) is 0 Å². The van der Waals surface area contributed by atoms with Crippen molar-refractivity contribution in [2.75, 3.05) is 13.1 Å². The molecule has 0 radical (unpaired) electrons. The molecule has 0 saturated carbocycles. The van der Waals surface area contributed by atoms with E-state index in [0.717, 1.165) is 24.5 Å². The van der Waals surface area contributed by atoms with Gasteiger partial charge in [-0.3, -0.25) is 14.9 Å². The Hall–Kier alpha value is -1.47. The molecule has 0 N–H and O–H groups in total. The molecule has 1 aliphatic heterocycles. The van der Waals surface area contributed by atoms with Crippen LogP contribution in [0.25, 0.3) is 0 Å². The van der Waals surface area contributed by atoms with Gasteiger partial charge in [0.1, 0.15) is 6.04 Å². The first-order valence-electron chi connectivity index (χ1n) is 5.73. The zero-order valence-electron chi connectivity index (χ0n) is 9.56. The fraction of sp³-hybridized carbons (Fsp3) is 0.583. The van der Waals surface area contributed by atoms with Crippen molar-refractivity contribution in [1.82, 2.24) is 14.9 Å². The van der Waals surface area contributed by atoms with Gasteiger partial charge in [-0.1, -0.05) is 6.42 Å². The van der Waals surface area contributed by atoms with Gasteiger partial charge in [0.05, 0.1) is 23.7 Å². The van der Waals surface area contributed by atoms with Crippen LogP contribution in [-0.4, -0.2) is 28.0 Å². The summed E-state index contributed by atoms with van der Waals surface area (Å²) in [7, 11) is 0. The van der Waals surface area contributed by atoms with Gasteiger partial charge in [-0.2, -0.15) is 5.26 Å². The van der Waals surface area contributed by atoms with E-state index in [-0.39, 0.29) is 6.04 Å². The van der Waals surface area contributed by atoms with Gasteiger partial charge in [-0.15, -0.1) is 0 Å². The molecule has 0 aromatic carbocycles. The summed E-state index contributed by atoms with van der Waals surface area (Å²) >= 11 is 0. The summed E-state index contributed by atoms with van der Waals surface area (Å²) in [5, 5.41) is 9.24. The van der Waals surface area contributed by atoms with Crippen LogP contribution in [0, 0.1) is 18.3 Å². The third-order valence-electron chi connectivity index (χ3n) is 2.96. The van der Waals surface area contributed by atoms with Gasteiger partial charge in [0.2, 0.25) is 0 Å². The second-order valence-electron chi connectivity index (χ2n) is 4.21. The van der Waals surface area contributed by atoms with Crippen LogP contribution < -0.4 is 0 Å². The van der Waals surface area contributed by atoms with Crippen LogP contribution in [0.3, 0.4) is 0 Å². The second-order valence-corrected chi connectivity index (χ2v) is 4.21. The number of hydrogen-bond acceptors (Lipinski definition) is 4. The maximum atomic E-state index is 9.24. The lowest BCUT2D eigenvalue weighted by Crippen LogP contribution is -2.33. The molecule has 1 atom stereocenters. The molecule has 4 nitrogen and oxygen atoms in total. The molecule has 2 heterocycles. The molecule has 0 amide bonds. The van der Waals surface area contributed by atoms with E-state index < -0.39 is 0 Å². The first-order valence-corrected chi connectivity index (χ1v) is 5.73. The number of likely N-dealkylation sites (tertiary alicyclic amines) is 1. The fourth-order valence-corrected chi connectivity index (χ4v) is 2.06. The van der Waals surface area contributed by atoms with Crippen LogP contribution in [0.15, 0.2) is 12.4 Å². The second kappa shape index (κ2) is 5.04. The molecule has 1 aromatic rings. The Morgan fingerprint density at radius 1 is 1.25 bits per heavy atom. The Kier molecular flexibility index (Phi) is 3.47. The average Bonchev–Trinajstić information content (AvgIpc) is 2.34. The van der Waals surface area contributed by atoms with Crippen molar-refractivity contribution in [1.29, 1.82) is 5.26 Å². The largest absolute Gasteiger partial charge is 0.283 e. The van der Waals surface area contributed by atoms with E-state index in [4.69, 9.17) is 0 Å². The Bertz CT molecular complexity index is 373. The van der Waals surface area contributed by atoms with Gasteiger partial charge in [0.15, 0.2) is 0 Å².